The molecule has 1 heterocycles. The van der Waals surface area contributed by atoms with Crippen molar-refractivity contribution in [3.05, 3.63) is 35.9 Å². The summed E-state index contributed by atoms with van der Waals surface area (Å²) < 4.78 is 5.71. The van der Waals surface area contributed by atoms with Crippen molar-refractivity contribution in [1.29, 1.82) is 0 Å². The predicted molar refractivity (Wildman–Crippen MR) is 89.8 cm³/mol. The first-order chi connectivity index (χ1) is 10.4. The Kier molecular flexibility index (Phi) is 5.63. The van der Waals surface area contributed by atoms with Crippen LogP contribution in [0.3, 0.4) is 0 Å². The molecule has 0 radical (unpaired) electrons. The van der Waals surface area contributed by atoms with E-state index in [9.17, 15) is 4.79 Å². The third-order valence-electron chi connectivity index (χ3n) is 4.50. The maximum Gasteiger partial charge on any atom is 0.220 e. The monoisotopic (exact) mass is 303 g/mol. The van der Waals surface area contributed by atoms with Gasteiger partial charge in [0.05, 0.1) is 5.60 Å². The van der Waals surface area contributed by atoms with Gasteiger partial charge in [0.2, 0.25) is 5.91 Å². The van der Waals surface area contributed by atoms with E-state index in [0.717, 1.165) is 19.4 Å². The molecule has 1 fully saturated rings. The molecule has 3 nitrogen and oxygen atoms in total. The Hall–Kier alpha value is -1.35. The highest BCUT2D eigenvalue weighted by Crippen LogP contribution is 2.28. The maximum absolute atomic E-state index is 12.5. The Morgan fingerprint density at radius 2 is 2.00 bits per heavy atom. The molecule has 0 saturated carbocycles. The quantitative estimate of drug-likeness (QED) is 0.896. The van der Waals surface area contributed by atoms with Crippen molar-refractivity contribution in [2.24, 2.45) is 5.92 Å². The number of rotatable bonds is 5. The fourth-order valence-corrected chi connectivity index (χ4v) is 3.28. The van der Waals surface area contributed by atoms with Crippen LogP contribution in [0, 0.1) is 5.92 Å². The molecule has 1 N–H and O–H groups in total. The first-order valence-electron chi connectivity index (χ1n) is 8.35. The number of nitrogens with one attached hydrogen (secondary N) is 1. The standard InChI is InChI=1S/C19H29NO2/c1-14(2)17(15-8-6-5-7-9-15)12-18(21)20-16-10-11-22-19(3,4)13-16/h5-9,14,16-17H,10-13H2,1-4H3,(H,20,21)/t16-,17-/m1/s1. The van der Waals surface area contributed by atoms with E-state index in [1.165, 1.54) is 5.56 Å². The summed E-state index contributed by atoms with van der Waals surface area (Å²) >= 11 is 0. The van der Waals surface area contributed by atoms with Gasteiger partial charge in [-0.2, -0.15) is 0 Å². The van der Waals surface area contributed by atoms with Crippen LogP contribution in [0.1, 0.15) is 58.4 Å². The topological polar surface area (TPSA) is 38.3 Å². The predicted octanol–water partition coefficient (Wildman–Crippen LogP) is 3.89. The van der Waals surface area contributed by atoms with E-state index >= 15 is 0 Å². The van der Waals surface area contributed by atoms with Crippen LogP contribution in [-0.2, 0) is 9.53 Å². The Morgan fingerprint density at radius 1 is 1.32 bits per heavy atom. The van der Waals surface area contributed by atoms with E-state index in [1.807, 2.05) is 18.2 Å². The van der Waals surface area contributed by atoms with Crippen LogP contribution in [0.5, 0.6) is 0 Å². The molecular weight excluding hydrogens is 274 g/mol. The zero-order chi connectivity index (χ0) is 16.2. The number of amides is 1. The van der Waals surface area contributed by atoms with E-state index in [4.69, 9.17) is 4.74 Å². The second-order valence-electron chi connectivity index (χ2n) is 7.33. The lowest BCUT2D eigenvalue weighted by Gasteiger charge is -2.36. The van der Waals surface area contributed by atoms with Gasteiger partial charge in [-0.15, -0.1) is 0 Å². The maximum atomic E-state index is 12.5. The van der Waals surface area contributed by atoms with Gasteiger partial charge in [-0.05, 0) is 44.1 Å². The molecule has 1 saturated heterocycles. The lowest BCUT2D eigenvalue weighted by atomic mass is 9.85. The second kappa shape index (κ2) is 7.28. The molecule has 2 atom stereocenters. The molecular formula is C19H29NO2. The zero-order valence-corrected chi connectivity index (χ0v) is 14.3. The van der Waals surface area contributed by atoms with E-state index < -0.39 is 0 Å². The van der Waals surface area contributed by atoms with Gasteiger partial charge in [0.1, 0.15) is 0 Å². The summed E-state index contributed by atoms with van der Waals surface area (Å²) in [4.78, 5) is 12.5. The average molecular weight is 303 g/mol. The van der Waals surface area contributed by atoms with Crippen LogP contribution in [-0.4, -0.2) is 24.2 Å². The van der Waals surface area contributed by atoms with Crippen LogP contribution in [0.15, 0.2) is 30.3 Å². The first-order valence-corrected chi connectivity index (χ1v) is 8.35. The highest BCUT2D eigenvalue weighted by atomic mass is 16.5. The summed E-state index contributed by atoms with van der Waals surface area (Å²) in [5.41, 5.74) is 1.12. The highest BCUT2D eigenvalue weighted by Gasteiger charge is 2.30. The van der Waals surface area contributed by atoms with Crippen LogP contribution < -0.4 is 5.32 Å². The highest BCUT2D eigenvalue weighted by molar-refractivity contribution is 5.77. The van der Waals surface area contributed by atoms with Crippen molar-refractivity contribution in [1.82, 2.24) is 5.32 Å². The second-order valence-corrected chi connectivity index (χ2v) is 7.33. The van der Waals surface area contributed by atoms with E-state index in [2.05, 4.69) is 45.1 Å². The molecule has 1 aromatic rings. The van der Waals surface area contributed by atoms with Crippen molar-refractivity contribution in [2.45, 2.75) is 64.5 Å². The van der Waals surface area contributed by atoms with Crippen molar-refractivity contribution < 1.29 is 9.53 Å². The molecule has 1 aliphatic heterocycles. The largest absolute Gasteiger partial charge is 0.375 e. The third kappa shape index (κ3) is 4.84. The van der Waals surface area contributed by atoms with E-state index in [-0.39, 0.29) is 23.5 Å². The van der Waals surface area contributed by atoms with E-state index in [1.54, 1.807) is 0 Å². The SMILES string of the molecule is CC(C)[C@@H](CC(=O)N[C@@H]1CCOC(C)(C)C1)c1ccccc1. The Labute approximate surface area is 134 Å². The summed E-state index contributed by atoms with van der Waals surface area (Å²) in [7, 11) is 0. The van der Waals surface area contributed by atoms with E-state index in [0.29, 0.717) is 12.3 Å². The van der Waals surface area contributed by atoms with Crippen molar-refractivity contribution >= 4 is 5.91 Å². The Morgan fingerprint density at radius 3 is 2.59 bits per heavy atom. The van der Waals surface area contributed by atoms with Crippen LogP contribution >= 0.6 is 0 Å². The molecule has 2 rings (SSSR count). The molecule has 0 unspecified atom stereocenters. The van der Waals surface area contributed by atoms with Crippen molar-refractivity contribution in [3.8, 4) is 0 Å². The lowest BCUT2D eigenvalue weighted by Crippen LogP contribution is -2.46. The van der Waals surface area contributed by atoms with Gasteiger partial charge >= 0.3 is 0 Å². The Balaban J connectivity index is 1.94. The fraction of sp³-hybridized carbons (Fsp3) is 0.632. The Bertz CT molecular complexity index is 481. The normalized spacial score (nSPS) is 22.3. The van der Waals surface area contributed by atoms with Crippen molar-refractivity contribution in [3.63, 3.8) is 0 Å². The summed E-state index contributed by atoms with van der Waals surface area (Å²) in [6.07, 6.45) is 2.35. The summed E-state index contributed by atoms with van der Waals surface area (Å²) in [5.74, 6) is 0.874. The number of carbonyl (C=O) groups is 1. The van der Waals surface area contributed by atoms with Crippen molar-refractivity contribution in [2.75, 3.05) is 6.61 Å². The number of hydrogen-bond acceptors (Lipinski definition) is 2. The van der Waals surface area contributed by atoms with Crippen LogP contribution in [0.25, 0.3) is 0 Å². The number of benzene rings is 1. The lowest BCUT2D eigenvalue weighted by molar-refractivity contribution is -0.124. The number of ether oxygens (including phenoxy) is 1. The molecule has 0 spiro atoms. The summed E-state index contributed by atoms with van der Waals surface area (Å²) in [5, 5.41) is 3.21. The molecule has 0 aliphatic carbocycles. The minimum absolute atomic E-state index is 0.132. The third-order valence-corrected chi connectivity index (χ3v) is 4.50. The van der Waals surface area contributed by atoms with Gasteiger partial charge in [-0.3, -0.25) is 4.79 Å². The molecule has 1 amide bonds. The number of carbonyl (C=O) groups excluding carboxylic acids is 1. The molecule has 122 valence electrons. The van der Waals surface area contributed by atoms with Gasteiger partial charge in [0.25, 0.3) is 0 Å². The van der Waals surface area contributed by atoms with Crippen LogP contribution in [0.2, 0.25) is 0 Å². The molecule has 1 aliphatic rings. The summed E-state index contributed by atoms with van der Waals surface area (Å²) in [6.45, 7) is 9.27. The molecule has 22 heavy (non-hydrogen) atoms. The van der Waals surface area contributed by atoms with Gasteiger partial charge in [-0.25, -0.2) is 0 Å². The first kappa shape index (κ1) is 17.0. The minimum Gasteiger partial charge on any atom is -0.375 e. The molecule has 0 bridgehead atoms. The average Bonchev–Trinajstić information content (AvgIpc) is 2.44. The zero-order valence-electron chi connectivity index (χ0n) is 14.3. The van der Waals surface area contributed by atoms with Crippen LogP contribution in [0.4, 0.5) is 0 Å². The number of hydrogen-bond donors (Lipinski definition) is 1. The fourth-order valence-electron chi connectivity index (χ4n) is 3.28. The molecule has 0 aromatic heterocycles. The minimum atomic E-state index is -0.132. The summed E-state index contributed by atoms with van der Waals surface area (Å²) in [6, 6.07) is 10.6. The van der Waals surface area contributed by atoms with Gasteiger partial charge in [0, 0.05) is 19.1 Å². The smallest absolute Gasteiger partial charge is 0.220 e. The molecule has 3 heteroatoms. The van der Waals surface area contributed by atoms with Gasteiger partial charge in [-0.1, -0.05) is 44.2 Å². The van der Waals surface area contributed by atoms with Gasteiger partial charge < -0.3 is 10.1 Å². The molecule has 1 aromatic carbocycles. The van der Waals surface area contributed by atoms with Gasteiger partial charge in [0.15, 0.2) is 0 Å².